The minimum atomic E-state index is -4.13. The number of aromatic hydroxyl groups is 1. The van der Waals surface area contributed by atoms with Gasteiger partial charge in [0.1, 0.15) is 18.3 Å². The van der Waals surface area contributed by atoms with Crippen LogP contribution in [0, 0.1) is 0 Å². The van der Waals surface area contributed by atoms with Gasteiger partial charge in [-0.3, -0.25) is 9.59 Å². The van der Waals surface area contributed by atoms with Gasteiger partial charge in [-0.2, -0.15) is 13.1 Å². The topological polar surface area (TPSA) is 162 Å². The lowest BCUT2D eigenvalue weighted by molar-refractivity contribution is -0.122. The third-order valence-corrected chi connectivity index (χ3v) is 9.15. The van der Waals surface area contributed by atoms with Gasteiger partial charge in [0.25, 0.3) is 5.91 Å². The molecule has 1 saturated heterocycles. The normalized spacial score (nSPS) is 15.4. The van der Waals surface area contributed by atoms with Crippen LogP contribution < -0.4 is 19.1 Å². The van der Waals surface area contributed by atoms with Crippen molar-refractivity contribution in [2.75, 3.05) is 17.4 Å². The quantitative estimate of drug-likeness (QED) is 0.234. The Morgan fingerprint density at radius 2 is 1.65 bits per heavy atom. The van der Waals surface area contributed by atoms with Crippen LogP contribution in [0.3, 0.4) is 0 Å². The fourth-order valence-electron chi connectivity index (χ4n) is 4.28. The van der Waals surface area contributed by atoms with Crippen LogP contribution in [0.2, 0.25) is 0 Å². The zero-order valence-corrected chi connectivity index (χ0v) is 23.1. The Kier molecular flexibility index (Phi) is 9.07. The number of phenolic OH excluding ortho intramolecular Hbond substituents is 1. The first-order valence-corrected chi connectivity index (χ1v) is 15.5. The van der Waals surface area contributed by atoms with Crippen molar-refractivity contribution in [2.45, 2.75) is 36.6 Å². The highest BCUT2D eigenvalue weighted by Crippen LogP contribution is 2.31. The first-order valence-electron chi connectivity index (χ1n) is 12.6. The Hall–Kier alpha value is -3.94. The predicted octanol–water partition coefficient (Wildman–Crippen LogP) is 1.60. The molecule has 3 aromatic carbocycles. The second kappa shape index (κ2) is 12.5. The Labute approximate surface area is 233 Å². The van der Waals surface area contributed by atoms with Crippen LogP contribution in [-0.2, 0) is 42.7 Å². The molecule has 1 fully saturated rings. The van der Waals surface area contributed by atoms with Crippen LogP contribution in [0.15, 0.2) is 83.8 Å². The Bertz CT molecular complexity index is 1560. The Morgan fingerprint density at radius 3 is 2.27 bits per heavy atom. The first kappa shape index (κ1) is 29.1. The number of rotatable bonds is 12. The average Bonchev–Trinajstić information content (AvgIpc) is 3.20. The predicted molar refractivity (Wildman–Crippen MR) is 149 cm³/mol. The van der Waals surface area contributed by atoms with E-state index in [1.165, 1.54) is 35.9 Å². The Balaban J connectivity index is 1.47. The maximum Gasteiger partial charge on any atom is 0.326 e. The summed E-state index contributed by atoms with van der Waals surface area (Å²) in [4.78, 5) is 24.7. The monoisotopic (exact) mass is 586 g/mol. The molecule has 212 valence electrons. The molecule has 0 unspecified atom stereocenters. The summed E-state index contributed by atoms with van der Waals surface area (Å²) >= 11 is 0. The molecule has 0 spiro atoms. The molecule has 0 aliphatic carbocycles. The van der Waals surface area contributed by atoms with E-state index in [0.29, 0.717) is 18.5 Å². The average molecular weight is 587 g/mol. The smallest absolute Gasteiger partial charge is 0.326 e. The van der Waals surface area contributed by atoms with Crippen molar-refractivity contribution < 1.29 is 31.5 Å². The van der Waals surface area contributed by atoms with E-state index in [1.54, 1.807) is 18.2 Å². The molecule has 4 N–H and O–H groups in total. The third kappa shape index (κ3) is 7.37. The minimum absolute atomic E-state index is 0.00902. The molecule has 0 saturated carbocycles. The standard InChI is InChI=1S/C27H30N4O7S2/c32-25-18-21(14-15-24(25)31-19-26(33)30-40(31,37)38)17-23(29-39(35,36)22-12-5-2-6-13-22)27(34)28-16-8-7-11-20-9-3-1-4-10-20/h1-6,9-10,12-15,18,23,29,32H,7-8,11,16-17,19H2,(H,28,34)(H,30,33)/t23-/m0/s1. The number of carbonyl (C=O) groups excluding carboxylic acids is 2. The number of aryl methyl sites for hydroxylation is 1. The summed E-state index contributed by atoms with van der Waals surface area (Å²) in [5, 5.41) is 13.3. The molecule has 2 amide bonds. The Morgan fingerprint density at radius 1 is 0.975 bits per heavy atom. The summed E-state index contributed by atoms with van der Waals surface area (Å²) in [5.74, 6) is -1.72. The van der Waals surface area contributed by atoms with Crippen molar-refractivity contribution in [1.29, 1.82) is 0 Å². The molecule has 13 heteroatoms. The first-order chi connectivity index (χ1) is 19.0. The van der Waals surface area contributed by atoms with Crippen molar-refractivity contribution in [1.82, 2.24) is 14.8 Å². The fourth-order valence-corrected chi connectivity index (χ4v) is 6.66. The highest BCUT2D eigenvalue weighted by Gasteiger charge is 2.35. The lowest BCUT2D eigenvalue weighted by atomic mass is 10.0. The number of benzene rings is 3. The molecule has 4 rings (SSSR count). The maximum absolute atomic E-state index is 13.1. The molecule has 0 radical (unpaired) electrons. The number of hydrogen-bond acceptors (Lipinski definition) is 7. The van der Waals surface area contributed by atoms with Crippen LogP contribution in [0.5, 0.6) is 5.75 Å². The van der Waals surface area contributed by atoms with Gasteiger partial charge in [0, 0.05) is 6.54 Å². The maximum atomic E-state index is 13.1. The highest BCUT2D eigenvalue weighted by atomic mass is 32.2. The molecule has 1 heterocycles. The number of amides is 2. The fraction of sp³-hybridized carbons (Fsp3) is 0.259. The molecule has 11 nitrogen and oxygen atoms in total. The number of unbranched alkanes of at least 4 members (excludes halogenated alkanes) is 1. The van der Waals surface area contributed by atoms with E-state index in [9.17, 15) is 31.5 Å². The zero-order chi connectivity index (χ0) is 28.8. The molecule has 0 bridgehead atoms. The second-order valence-corrected chi connectivity index (χ2v) is 12.6. The van der Waals surface area contributed by atoms with Crippen molar-refractivity contribution in [2.24, 2.45) is 0 Å². The summed E-state index contributed by atoms with van der Waals surface area (Å²) in [5.41, 5.74) is 1.44. The van der Waals surface area contributed by atoms with E-state index in [0.717, 1.165) is 17.1 Å². The van der Waals surface area contributed by atoms with Gasteiger partial charge in [-0.25, -0.2) is 17.4 Å². The number of nitrogens with one attached hydrogen (secondary N) is 3. The van der Waals surface area contributed by atoms with E-state index in [4.69, 9.17) is 0 Å². The number of sulfonamides is 1. The van der Waals surface area contributed by atoms with Gasteiger partial charge in [-0.1, -0.05) is 54.6 Å². The van der Waals surface area contributed by atoms with Crippen LogP contribution in [0.1, 0.15) is 24.0 Å². The molecule has 1 aliphatic heterocycles. The second-order valence-electron chi connectivity index (χ2n) is 9.28. The minimum Gasteiger partial charge on any atom is -0.506 e. The summed E-state index contributed by atoms with van der Waals surface area (Å²) < 4.78 is 55.3. The van der Waals surface area contributed by atoms with Gasteiger partial charge in [0.05, 0.1) is 10.6 Å². The summed E-state index contributed by atoms with van der Waals surface area (Å²) in [6.07, 6.45) is 2.24. The zero-order valence-electron chi connectivity index (χ0n) is 21.5. The van der Waals surface area contributed by atoms with E-state index in [-0.39, 0.29) is 17.0 Å². The molecular weight excluding hydrogens is 556 g/mol. The number of nitrogens with zero attached hydrogens (tertiary/aromatic N) is 1. The SMILES string of the molecule is O=C1CN(c2ccc(C[C@H](NS(=O)(=O)c3ccccc3)C(=O)NCCCCc3ccccc3)cc2O)S(=O)(=O)N1. The van der Waals surface area contributed by atoms with Crippen molar-refractivity contribution in [3.63, 3.8) is 0 Å². The van der Waals surface area contributed by atoms with Crippen LogP contribution in [-0.4, -0.2) is 52.9 Å². The van der Waals surface area contributed by atoms with Gasteiger partial charge in [-0.05, 0) is 61.1 Å². The lowest BCUT2D eigenvalue weighted by Crippen LogP contribution is -2.48. The number of phenols is 1. The van der Waals surface area contributed by atoms with Crippen LogP contribution >= 0.6 is 0 Å². The van der Waals surface area contributed by atoms with Crippen LogP contribution in [0.4, 0.5) is 5.69 Å². The third-order valence-electron chi connectivity index (χ3n) is 6.27. The molecular formula is C27H30N4O7S2. The van der Waals surface area contributed by atoms with Gasteiger partial charge in [0.2, 0.25) is 15.9 Å². The van der Waals surface area contributed by atoms with Crippen molar-refractivity contribution >= 4 is 37.7 Å². The number of anilines is 1. The van der Waals surface area contributed by atoms with E-state index in [1.807, 2.05) is 35.1 Å². The van der Waals surface area contributed by atoms with Gasteiger partial charge in [0.15, 0.2) is 0 Å². The van der Waals surface area contributed by atoms with Crippen LogP contribution in [0.25, 0.3) is 0 Å². The molecule has 1 atom stereocenters. The summed E-state index contributed by atoms with van der Waals surface area (Å²) in [7, 11) is -8.19. The number of carbonyl (C=O) groups is 2. The van der Waals surface area contributed by atoms with E-state index in [2.05, 4.69) is 10.0 Å². The molecule has 40 heavy (non-hydrogen) atoms. The molecule has 0 aromatic heterocycles. The lowest BCUT2D eigenvalue weighted by Gasteiger charge is -2.20. The van der Waals surface area contributed by atoms with Crippen molar-refractivity contribution in [3.05, 3.63) is 90.0 Å². The van der Waals surface area contributed by atoms with Crippen molar-refractivity contribution in [3.8, 4) is 5.75 Å². The molecule has 1 aliphatic rings. The van der Waals surface area contributed by atoms with Gasteiger partial charge >= 0.3 is 10.2 Å². The van der Waals surface area contributed by atoms with E-state index >= 15 is 0 Å². The van der Waals surface area contributed by atoms with E-state index < -0.39 is 50.4 Å². The summed E-state index contributed by atoms with van der Waals surface area (Å²) in [6, 6.07) is 20.3. The number of hydrogen-bond donors (Lipinski definition) is 4. The molecule has 3 aromatic rings. The van der Waals surface area contributed by atoms with Gasteiger partial charge in [-0.15, -0.1) is 0 Å². The largest absolute Gasteiger partial charge is 0.506 e. The summed E-state index contributed by atoms with van der Waals surface area (Å²) in [6.45, 7) is -0.144. The highest BCUT2D eigenvalue weighted by molar-refractivity contribution is 7.92. The van der Waals surface area contributed by atoms with Gasteiger partial charge < -0.3 is 10.4 Å².